The molecular weight excluding hydrogens is 264 g/mol. The number of benzene rings is 1. The Morgan fingerprint density at radius 3 is 2.57 bits per heavy atom. The van der Waals surface area contributed by atoms with Gasteiger partial charge in [-0.05, 0) is 37.2 Å². The van der Waals surface area contributed by atoms with Crippen LogP contribution in [-0.4, -0.2) is 36.6 Å². The summed E-state index contributed by atoms with van der Waals surface area (Å²) in [5.74, 6) is 0.336. The molecule has 3 fully saturated rings. The largest absolute Gasteiger partial charge is 0.392 e. The van der Waals surface area contributed by atoms with Crippen LogP contribution >= 0.6 is 0 Å². The van der Waals surface area contributed by atoms with E-state index < -0.39 is 0 Å². The van der Waals surface area contributed by atoms with E-state index in [9.17, 15) is 5.11 Å². The standard InChI is InChI=1S/C18H24O3/c19-16(18(7-8-18)15-4-2-1-3-5-15)14-6-10-21-17(12-14)9-11-20-13-17/h1-5,14,16,19H,6-13H2. The van der Waals surface area contributed by atoms with Crippen LogP contribution in [0.15, 0.2) is 30.3 Å². The topological polar surface area (TPSA) is 38.7 Å². The van der Waals surface area contributed by atoms with Gasteiger partial charge >= 0.3 is 0 Å². The molecule has 2 aliphatic heterocycles. The third kappa shape index (κ3) is 2.32. The van der Waals surface area contributed by atoms with Gasteiger partial charge in [0, 0.05) is 25.0 Å². The molecule has 3 unspecified atom stereocenters. The lowest BCUT2D eigenvalue weighted by atomic mass is 9.75. The third-order valence-electron chi connectivity index (χ3n) is 5.75. The smallest absolute Gasteiger partial charge is 0.0940 e. The minimum absolute atomic E-state index is 0.00389. The van der Waals surface area contributed by atoms with E-state index in [0.29, 0.717) is 12.5 Å². The van der Waals surface area contributed by atoms with Gasteiger partial charge in [-0.15, -0.1) is 0 Å². The van der Waals surface area contributed by atoms with Gasteiger partial charge in [0.15, 0.2) is 0 Å². The van der Waals surface area contributed by atoms with Crippen LogP contribution in [0.4, 0.5) is 0 Å². The maximum atomic E-state index is 11.1. The molecule has 2 heterocycles. The summed E-state index contributed by atoms with van der Waals surface area (Å²) in [5.41, 5.74) is 1.20. The zero-order valence-electron chi connectivity index (χ0n) is 12.5. The molecule has 3 aliphatic rings. The molecule has 0 radical (unpaired) electrons. The van der Waals surface area contributed by atoms with Gasteiger partial charge in [0.25, 0.3) is 0 Å². The first-order chi connectivity index (χ1) is 10.2. The lowest BCUT2D eigenvalue weighted by Gasteiger charge is -2.41. The molecule has 1 saturated carbocycles. The van der Waals surface area contributed by atoms with Gasteiger partial charge in [-0.2, -0.15) is 0 Å². The van der Waals surface area contributed by atoms with Gasteiger partial charge < -0.3 is 14.6 Å². The summed E-state index contributed by atoms with van der Waals surface area (Å²) in [7, 11) is 0. The summed E-state index contributed by atoms with van der Waals surface area (Å²) in [4.78, 5) is 0. The number of aliphatic hydroxyl groups excluding tert-OH is 1. The maximum Gasteiger partial charge on any atom is 0.0940 e. The number of hydrogen-bond donors (Lipinski definition) is 1. The minimum atomic E-state index is -0.249. The first-order valence-electron chi connectivity index (χ1n) is 8.20. The Morgan fingerprint density at radius 1 is 1.10 bits per heavy atom. The van der Waals surface area contributed by atoms with E-state index >= 15 is 0 Å². The second-order valence-electron chi connectivity index (χ2n) is 7.05. The van der Waals surface area contributed by atoms with Crippen molar-refractivity contribution in [1.82, 2.24) is 0 Å². The van der Waals surface area contributed by atoms with Gasteiger partial charge in [-0.1, -0.05) is 30.3 Å². The Labute approximate surface area is 126 Å². The summed E-state index contributed by atoms with van der Waals surface area (Å²) in [6.07, 6.45) is 4.87. The molecule has 3 heteroatoms. The molecule has 1 aliphatic carbocycles. The first kappa shape index (κ1) is 13.7. The van der Waals surface area contributed by atoms with E-state index in [1.807, 2.05) is 6.07 Å². The monoisotopic (exact) mass is 288 g/mol. The Hall–Kier alpha value is -0.900. The van der Waals surface area contributed by atoms with E-state index in [-0.39, 0.29) is 17.1 Å². The van der Waals surface area contributed by atoms with Crippen molar-refractivity contribution in [3.8, 4) is 0 Å². The second-order valence-corrected chi connectivity index (χ2v) is 7.05. The molecular formula is C18H24O3. The summed E-state index contributed by atoms with van der Waals surface area (Å²) in [6, 6.07) is 10.6. The van der Waals surface area contributed by atoms with Crippen molar-refractivity contribution < 1.29 is 14.6 Å². The SMILES string of the molecule is OC(C1CCOC2(CCOC2)C1)C1(c2ccccc2)CC1. The number of aliphatic hydroxyl groups is 1. The van der Waals surface area contributed by atoms with E-state index in [0.717, 1.165) is 45.3 Å². The highest BCUT2D eigenvalue weighted by Gasteiger charge is 2.54. The van der Waals surface area contributed by atoms with E-state index in [1.54, 1.807) is 0 Å². The summed E-state index contributed by atoms with van der Waals surface area (Å²) < 4.78 is 11.6. The van der Waals surface area contributed by atoms with E-state index in [2.05, 4.69) is 24.3 Å². The number of hydrogen-bond acceptors (Lipinski definition) is 3. The quantitative estimate of drug-likeness (QED) is 0.929. The van der Waals surface area contributed by atoms with Crippen LogP contribution in [0.2, 0.25) is 0 Å². The van der Waals surface area contributed by atoms with Gasteiger partial charge in [0.1, 0.15) is 0 Å². The highest BCUT2D eigenvalue weighted by molar-refractivity contribution is 5.33. The lowest BCUT2D eigenvalue weighted by Crippen LogP contribution is -2.46. The van der Waals surface area contributed by atoms with Gasteiger partial charge in [0.05, 0.1) is 18.3 Å². The molecule has 21 heavy (non-hydrogen) atoms. The minimum Gasteiger partial charge on any atom is -0.392 e. The molecule has 0 amide bonds. The second kappa shape index (κ2) is 5.08. The zero-order valence-corrected chi connectivity index (χ0v) is 12.5. The fourth-order valence-corrected chi connectivity index (χ4v) is 4.31. The van der Waals surface area contributed by atoms with Crippen LogP contribution in [0.25, 0.3) is 0 Å². The molecule has 1 aromatic rings. The van der Waals surface area contributed by atoms with Crippen molar-refractivity contribution in [3.05, 3.63) is 35.9 Å². The molecule has 1 aromatic carbocycles. The van der Waals surface area contributed by atoms with E-state index in [1.165, 1.54) is 5.56 Å². The molecule has 3 atom stereocenters. The Balaban J connectivity index is 1.53. The van der Waals surface area contributed by atoms with Gasteiger partial charge in [-0.3, -0.25) is 0 Å². The molecule has 1 spiro atoms. The Kier molecular flexibility index (Phi) is 3.32. The molecule has 0 aromatic heterocycles. The zero-order chi connectivity index (χ0) is 14.3. The Bertz CT molecular complexity index is 488. The number of ether oxygens (including phenoxy) is 2. The highest BCUT2D eigenvalue weighted by Crippen LogP contribution is 2.54. The van der Waals surface area contributed by atoms with Crippen molar-refractivity contribution >= 4 is 0 Å². The normalized spacial score (nSPS) is 35.8. The fourth-order valence-electron chi connectivity index (χ4n) is 4.31. The molecule has 4 rings (SSSR count). The average Bonchev–Trinajstić information content (AvgIpc) is 3.24. The Morgan fingerprint density at radius 2 is 1.90 bits per heavy atom. The van der Waals surface area contributed by atoms with Crippen LogP contribution in [0.3, 0.4) is 0 Å². The molecule has 1 N–H and O–H groups in total. The van der Waals surface area contributed by atoms with Crippen LogP contribution in [0.5, 0.6) is 0 Å². The van der Waals surface area contributed by atoms with Crippen molar-refractivity contribution in [2.24, 2.45) is 5.92 Å². The number of rotatable bonds is 3. The molecule has 3 nitrogen and oxygen atoms in total. The summed E-state index contributed by atoms with van der Waals surface area (Å²) >= 11 is 0. The van der Waals surface area contributed by atoms with Gasteiger partial charge in [0.2, 0.25) is 0 Å². The van der Waals surface area contributed by atoms with Crippen LogP contribution in [0, 0.1) is 5.92 Å². The van der Waals surface area contributed by atoms with Crippen molar-refractivity contribution in [2.45, 2.75) is 49.2 Å². The molecule has 2 saturated heterocycles. The highest BCUT2D eigenvalue weighted by atomic mass is 16.6. The van der Waals surface area contributed by atoms with Crippen molar-refractivity contribution in [3.63, 3.8) is 0 Å². The van der Waals surface area contributed by atoms with Crippen LogP contribution in [0.1, 0.15) is 37.7 Å². The van der Waals surface area contributed by atoms with Gasteiger partial charge in [-0.25, -0.2) is 0 Å². The third-order valence-corrected chi connectivity index (χ3v) is 5.75. The van der Waals surface area contributed by atoms with Crippen LogP contribution < -0.4 is 0 Å². The first-order valence-corrected chi connectivity index (χ1v) is 8.20. The summed E-state index contributed by atoms with van der Waals surface area (Å²) in [6.45, 7) is 2.26. The van der Waals surface area contributed by atoms with Crippen molar-refractivity contribution in [2.75, 3.05) is 19.8 Å². The predicted octanol–water partition coefficient (Wildman–Crippen LogP) is 2.66. The lowest BCUT2D eigenvalue weighted by molar-refractivity contribution is -0.120. The predicted molar refractivity (Wildman–Crippen MR) is 80.2 cm³/mol. The average molecular weight is 288 g/mol. The fraction of sp³-hybridized carbons (Fsp3) is 0.667. The molecule has 114 valence electrons. The summed E-state index contributed by atoms with van der Waals surface area (Å²) in [5, 5.41) is 11.1. The maximum absolute atomic E-state index is 11.1. The van der Waals surface area contributed by atoms with Crippen molar-refractivity contribution in [1.29, 1.82) is 0 Å². The molecule has 0 bridgehead atoms. The van der Waals surface area contributed by atoms with Crippen LogP contribution in [-0.2, 0) is 14.9 Å². The van der Waals surface area contributed by atoms with E-state index in [4.69, 9.17) is 9.47 Å².